The van der Waals surface area contributed by atoms with E-state index in [1.807, 2.05) is 17.5 Å². The average Bonchev–Trinajstić information content (AvgIpc) is 2.84. The molecule has 1 aliphatic rings. The van der Waals surface area contributed by atoms with Crippen LogP contribution in [0.5, 0.6) is 0 Å². The van der Waals surface area contributed by atoms with Gasteiger partial charge in [0.1, 0.15) is 0 Å². The fourth-order valence-corrected chi connectivity index (χ4v) is 2.95. The highest BCUT2D eigenvalue weighted by atomic mass is 79.9. The monoisotopic (exact) mass is 301 g/mol. The summed E-state index contributed by atoms with van der Waals surface area (Å²) >= 11 is 4.94. The molecule has 1 N–H and O–H groups in total. The summed E-state index contributed by atoms with van der Waals surface area (Å²) in [6, 6.07) is 1.97. The molecule has 1 amide bonds. The SMILES string of the molecule is O=C(C=Cc1cc(Br)cs1)N1CC[C@@H](O)C1. The van der Waals surface area contributed by atoms with Gasteiger partial charge in [-0.05, 0) is 34.5 Å². The number of nitrogens with zero attached hydrogens (tertiary/aromatic N) is 1. The number of hydrogen-bond acceptors (Lipinski definition) is 3. The third-order valence-corrected chi connectivity index (χ3v) is 4.11. The van der Waals surface area contributed by atoms with E-state index in [1.165, 1.54) is 0 Å². The lowest BCUT2D eigenvalue weighted by Gasteiger charge is -2.11. The van der Waals surface area contributed by atoms with Crippen LogP contribution < -0.4 is 0 Å². The summed E-state index contributed by atoms with van der Waals surface area (Å²) in [5, 5.41) is 11.3. The number of amides is 1. The molecule has 0 saturated carbocycles. The van der Waals surface area contributed by atoms with Crippen molar-refractivity contribution in [2.24, 2.45) is 0 Å². The van der Waals surface area contributed by atoms with Gasteiger partial charge in [-0.1, -0.05) is 0 Å². The van der Waals surface area contributed by atoms with Crippen molar-refractivity contribution >= 4 is 39.2 Å². The summed E-state index contributed by atoms with van der Waals surface area (Å²) < 4.78 is 1.03. The summed E-state index contributed by atoms with van der Waals surface area (Å²) in [5.41, 5.74) is 0. The second-order valence-corrected chi connectivity index (χ2v) is 5.59. The van der Waals surface area contributed by atoms with Crippen molar-refractivity contribution in [1.29, 1.82) is 0 Å². The Bertz CT molecular complexity index is 416. The fraction of sp³-hybridized carbons (Fsp3) is 0.364. The number of β-amino-alcohol motifs (C(OH)–C–C–N with tert-alkyl or cyclic N) is 1. The Morgan fingerprint density at radius 1 is 1.69 bits per heavy atom. The molecule has 1 aromatic rings. The molecule has 3 nitrogen and oxygen atoms in total. The van der Waals surface area contributed by atoms with E-state index in [0.29, 0.717) is 19.5 Å². The second-order valence-electron chi connectivity index (χ2n) is 3.73. The molecule has 0 bridgehead atoms. The van der Waals surface area contributed by atoms with Crippen LogP contribution in [0.4, 0.5) is 0 Å². The second kappa shape index (κ2) is 5.12. The standard InChI is InChI=1S/C11H12BrNO2S/c12-8-5-10(16-7-8)1-2-11(15)13-4-3-9(14)6-13/h1-2,5,7,9,14H,3-4,6H2/t9-/m1/s1. The molecule has 1 aliphatic heterocycles. The van der Waals surface area contributed by atoms with E-state index < -0.39 is 0 Å². The number of aliphatic hydroxyl groups excluding tert-OH is 1. The number of halogens is 1. The first-order valence-corrected chi connectivity index (χ1v) is 6.71. The van der Waals surface area contributed by atoms with Crippen LogP contribution in [0.3, 0.4) is 0 Å². The molecule has 0 unspecified atom stereocenters. The molecule has 1 fully saturated rings. The Labute approximate surface area is 107 Å². The van der Waals surface area contributed by atoms with Gasteiger partial charge in [-0.2, -0.15) is 0 Å². The largest absolute Gasteiger partial charge is 0.391 e. The van der Waals surface area contributed by atoms with Crippen LogP contribution in [-0.2, 0) is 4.79 Å². The van der Waals surface area contributed by atoms with E-state index in [4.69, 9.17) is 0 Å². The summed E-state index contributed by atoms with van der Waals surface area (Å²) in [6.45, 7) is 1.11. The predicted octanol–water partition coefficient (Wildman–Crippen LogP) is 2.12. The lowest BCUT2D eigenvalue weighted by atomic mass is 10.3. The molecule has 0 radical (unpaired) electrons. The van der Waals surface area contributed by atoms with Gasteiger partial charge in [-0.3, -0.25) is 4.79 Å². The lowest BCUT2D eigenvalue weighted by Crippen LogP contribution is -2.27. The highest BCUT2D eigenvalue weighted by Gasteiger charge is 2.22. The zero-order valence-corrected chi connectivity index (χ0v) is 11.0. The van der Waals surface area contributed by atoms with Gasteiger partial charge in [0, 0.05) is 33.9 Å². The van der Waals surface area contributed by atoms with Crippen molar-refractivity contribution in [2.45, 2.75) is 12.5 Å². The van der Waals surface area contributed by atoms with Gasteiger partial charge >= 0.3 is 0 Å². The molecule has 1 saturated heterocycles. The first kappa shape index (κ1) is 11.8. The van der Waals surface area contributed by atoms with Crippen LogP contribution in [0.25, 0.3) is 6.08 Å². The van der Waals surface area contributed by atoms with Crippen LogP contribution >= 0.6 is 27.3 Å². The molecule has 86 valence electrons. The number of carbonyl (C=O) groups is 1. The molecule has 1 atom stereocenters. The van der Waals surface area contributed by atoms with Gasteiger partial charge in [0.15, 0.2) is 0 Å². The minimum absolute atomic E-state index is 0.0268. The van der Waals surface area contributed by atoms with Crippen molar-refractivity contribution < 1.29 is 9.90 Å². The van der Waals surface area contributed by atoms with Crippen molar-refractivity contribution in [1.82, 2.24) is 4.90 Å². The third kappa shape index (κ3) is 2.93. The van der Waals surface area contributed by atoms with Gasteiger partial charge in [0.25, 0.3) is 0 Å². The van der Waals surface area contributed by atoms with Gasteiger partial charge in [0.2, 0.25) is 5.91 Å². The van der Waals surface area contributed by atoms with Crippen LogP contribution in [0, 0.1) is 0 Å². The Hall–Kier alpha value is -0.650. The highest BCUT2D eigenvalue weighted by Crippen LogP contribution is 2.21. The van der Waals surface area contributed by atoms with E-state index in [1.54, 1.807) is 22.3 Å². The van der Waals surface area contributed by atoms with E-state index in [9.17, 15) is 9.90 Å². The summed E-state index contributed by atoms with van der Waals surface area (Å²) in [7, 11) is 0. The molecule has 2 rings (SSSR count). The Balaban J connectivity index is 1.94. The van der Waals surface area contributed by atoms with Crippen LogP contribution in [-0.4, -0.2) is 35.1 Å². The maximum Gasteiger partial charge on any atom is 0.246 e. The average molecular weight is 302 g/mol. The minimum atomic E-state index is -0.353. The number of aliphatic hydroxyl groups is 1. The normalized spacial score (nSPS) is 20.9. The maximum atomic E-state index is 11.7. The van der Waals surface area contributed by atoms with E-state index in [-0.39, 0.29) is 12.0 Å². The Morgan fingerprint density at radius 2 is 2.50 bits per heavy atom. The smallest absolute Gasteiger partial charge is 0.246 e. The quantitative estimate of drug-likeness (QED) is 0.850. The van der Waals surface area contributed by atoms with Crippen LogP contribution in [0.2, 0.25) is 0 Å². The van der Waals surface area contributed by atoms with Gasteiger partial charge in [0.05, 0.1) is 6.10 Å². The number of rotatable bonds is 2. The van der Waals surface area contributed by atoms with E-state index >= 15 is 0 Å². The Kier molecular flexibility index (Phi) is 3.78. The molecule has 0 aliphatic carbocycles. The molecule has 16 heavy (non-hydrogen) atoms. The first-order chi connectivity index (χ1) is 7.65. The molecule has 0 aromatic carbocycles. The van der Waals surface area contributed by atoms with Gasteiger partial charge in [-0.25, -0.2) is 0 Å². The number of thiophene rings is 1. The predicted molar refractivity (Wildman–Crippen MR) is 68.3 cm³/mol. The molecule has 2 heterocycles. The lowest BCUT2D eigenvalue weighted by molar-refractivity contribution is -0.125. The van der Waals surface area contributed by atoms with Crippen LogP contribution in [0.15, 0.2) is 22.0 Å². The van der Waals surface area contributed by atoms with Gasteiger partial charge in [-0.15, -0.1) is 11.3 Å². The summed E-state index contributed by atoms with van der Waals surface area (Å²) in [6.07, 6.45) is 3.70. The molecular formula is C11H12BrNO2S. The Morgan fingerprint density at radius 3 is 3.06 bits per heavy atom. The van der Waals surface area contributed by atoms with E-state index in [0.717, 1.165) is 9.35 Å². The van der Waals surface area contributed by atoms with E-state index in [2.05, 4.69) is 15.9 Å². The van der Waals surface area contributed by atoms with Crippen molar-refractivity contribution in [3.05, 3.63) is 26.9 Å². The zero-order chi connectivity index (χ0) is 11.5. The van der Waals surface area contributed by atoms with Gasteiger partial charge < -0.3 is 10.0 Å². The summed E-state index contributed by atoms with van der Waals surface area (Å²) in [5.74, 6) is -0.0268. The third-order valence-electron chi connectivity index (χ3n) is 2.45. The van der Waals surface area contributed by atoms with Crippen molar-refractivity contribution in [2.75, 3.05) is 13.1 Å². The minimum Gasteiger partial charge on any atom is -0.391 e. The topological polar surface area (TPSA) is 40.5 Å². The zero-order valence-electron chi connectivity index (χ0n) is 8.60. The number of hydrogen-bond donors (Lipinski definition) is 1. The number of carbonyl (C=O) groups excluding carboxylic acids is 1. The fourth-order valence-electron chi connectivity index (χ4n) is 1.62. The van der Waals surface area contributed by atoms with Crippen LogP contribution in [0.1, 0.15) is 11.3 Å². The molecular weight excluding hydrogens is 290 g/mol. The summed E-state index contributed by atoms with van der Waals surface area (Å²) in [4.78, 5) is 14.4. The maximum absolute atomic E-state index is 11.7. The molecule has 1 aromatic heterocycles. The molecule has 5 heteroatoms. The first-order valence-electron chi connectivity index (χ1n) is 5.04. The van der Waals surface area contributed by atoms with Crippen molar-refractivity contribution in [3.8, 4) is 0 Å². The number of likely N-dealkylation sites (tertiary alicyclic amines) is 1. The molecule has 0 spiro atoms. The van der Waals surface area contributed by atoms with Crippen molar-refractivity contribution in [3.63, 3.8) is 0 Å². The highest BCUT2D eigenvalue weighted by molar-refractivity contribution is 9.10.